The van der Waals surface area contributed by atoms with Crippen LogP contribution in [0.4, 0.5) is 19.1 Å². The number of nitrogens with zero attached hydrogens (tertiary/aromatic N) is 4. The third-order valence-electron chi connectivity index (χ3n) is 4.31. The summed E-state index contributed by atoms with van der Waals surface area (Å²) in [6, 6.07) is 0. The van der Waals surface area contributed by atoms with Crippen LogP contribution in [0.15, 0.2) is 6.33 Å². The van der Waals surface area contributed by atoms with Crippen LogP contribution in [0.2, 0.25) is 5.15 Å². The minimum absolute atomic E-state index is 0.00309. The second-order valence-electron chi connectivity index (χ2n) is 6.49. The molecule has 14 heteroatoms. The van der Waals surface area contributed by atoms with Gasteiger partial charge in [-0.3, -0.25) is 9.13 Å². The van der Waals surface area contributed by atoms with Crippen LogP contribution in [0.1, 0.15) is 32.9 Å². The molecule has 1 aliphatic heterocycles. The van der Waals surface area contributed by atoms with Crippen LogP contribution in [0.3, 0.4) is 0 Å². The van der Waals surface area contributed by atoms with Gasteiger partial charge in [0, 0.05) is 6.42 Å². The van der Waals surface area contributed by atoms with Crippen molar-refractivity contribution in [2.45, 2.75) is 44.2 Å². The van der Waals surface area contributed by atoms with Crippen molar-refractivity contribution in [1.82, 2.24) is 19.5 Å². The number of fused-ring (bicyclic) bond motifs is 1. The molecule has 0 saturated carbocycles. The zero-order valence-corrected chi connectivity index (χ0v) is 17.3. The van der Waals surface area contributed by atoms with Crippen molar-refractivity contribution < 1.29 is 31.5 Å². The molecule has 0 spiro atoms. The van der Waals surface area contributed by atoms with Gasteiger partial charge in [0.15, 0.2) is 10.8 Å². The summed E-state index contributed by atoms with van der Waals surface area (Å²) in [4.78, 5) is 11.8. The molecular weight excluding hydrogens is 438 g/mol. The van der Waals surface area contributed by atoms with Crippen molar-refractivity contribution in [2.24, 2.45) is 0 Å². The van der Waals surface area contributed by atoms with Gasteiger partial charge in [-0.2, -0.15) is 18.7 Å². The van der Waals surface area contributed by atoms with Gasteiger partial charge in [0.1, 0.15) is 17.4 Å². The van der Waals surface area contributed by atoms with Crippen molar-refractivity contribution in [3.8, 4) is 0 Å². The second-order valence-corrected chi connectivity index (χ2v) is 9.02. The van der Waals surface area contributed by atoms with E-state index in [1.54, 1.807) is 0 Å². The molecular formula is C15H20ClF3N5O4P. The van der Waals surface area contributed by atoms with Gasteiger partial charge in [-0.1, -0.05) is 11.6 Å². The molecule has 2 N–H and O–H groups in total. The zero-order chi connectivity index (χ0) is 21.4. The fourth-order valence-electron chi connectivity index (χ4n) is 3.13. The second kappa shape index (κ2) is 7.99. The normalized spacial score (nSPS) is 23.2. The number of hydrogen-bond acceptors (Lipinski definition) is 8. The van der Waals surface area contributed by atoms with E-state index in [-0.39, 0.29) is 35.5 Å². The average molecular weight is 458 g/mol. The van der Waals surface area contributed by atoms with Crippen molar-refractivity contribution in [1.29, 1.82) is 0 Å². The Balaban J connectivity index is 1.83. The molecule has 1 fully saturated rings. The molecule has 0 bridgehead atoms. The SMILES string of the molecule is CCOP(=O)(OCC)C(F)(F)C[C@@]1(F)CO[C@@H](n2cnc3c(Cl)nc(N)nc32)C1. The monoisotopic (exact) mass is 457 g/mol. The number of alkyl halides is 3. The van der Waals surface area contributed by atoms with E-state index in [0.29, 0.717) is 0 Å². The number of hydrogen-bond donors (Lipinski definition) is 1. The first kappa shape index (κ1) is 22.2. The predicted molar refractivity (Wildman–Crippen MR) is 98.6 cm³/mol. The molecule has 3 heterocycles. The van der Waals surface area contributed by atoms with Gasteiger partial charge in [-0.05, 0) is 13.8 Å². The molecule has 162 valence electrons. The molecule has 0 aliphatic carbocycles. The number of nitrogen functional groups attached to an aromatic ring is 1. The molecule has 0 radical (unpaired) electrons. The van der Waals surface area contributed by atoms with Gasteiger partial charge in [0.2, 0.25) is 5.95 Å². The van der Waals surface area contributed by atoms with E-state index >= 15 is 4.39 Å². The highest BCUT2D eigenvalue weighted by Crippen LogP contribution is 2.65. The lowest BCUT2D eigenvalue weighted by Crippen LogP contribution is -2.34. The summed E-state index contributed by atoms with van der Waals surface area (Å²) in [5, 5.41) is -0.00309. The Hall–Kier alpha value is -1.46. The average Bonchev–Trinajstić information content (AvgIpc) is 3.18. The van der Waals surface area contributed by atoms with Crippen molar-refractivity contribution in [3.63, 3.8) is 0 Å². The van der Waals surface area contributed by atoms with Crippen LogP contribution < -0.4 is 5.73 Å². The van der Waals surface area contributed by atoms with Crippen molar-refractivity contribution in [2.75, 3.05) is 25.6 Å². The number of imidazole rings is 1. The summed E-state index contributed by atoms with van der Waals surface area (Å²) in [7, 11) is -4.85. The van der Waals surface area contributed by atoms with E-state index in [1.807, 2.05) is 0 Å². The Kier molecular flexibility index (Phi) is 6.13. The van der Waals surface area contributed by atoms with Crippen molar-refractivity contribution >= 4 is 36.3 Å². The maximum atomic E-state index is 15.3. The highest BCUT2D eigenvalue weighted by atomic mass is 35.5. The van der Waals surface area contributed by atoms with Crippen LogP contribution in [-0.4, -0.2) is 50.7 Å². The molecule has 2 aromatic rings. The number of halogens is 4. The zero-order valence-electron chi connectivity index (χ0n) is 15.6. The first-order valence-corrected chi connectivity index (χ1v) is 10.7. The van der Waals surface area contributed by atoms with Crippen LogP contribution in [0.5, 0.6) is 0 Å². The summed E-state index contributed by atoms with van der Waals surface area (Å²) in [6.45, 7) is 1.59. The first-order chi connectivity index (χ1) is 13.5. The third-order valence-corrected chi connectivity index (χ3v) is 6.73. The van der Waals surface area contributed by atoms with E-state index in [1.165, 1.54) is 24.7 Å². The Morgan fingerprint density at radius 1 is 1.41 bits per heavy atom. The predicted octanol–water partition coefficient (Wildman–Crippen LogP) is 3.94. The maximum absolute atomic E-state index is 15.3. The molecule has 29 heavy (non-hydrogen) atoms. The third kappa shape index (κ3) is 4.22. The standard InChI is InChI=1S/C15H20ClF3N5O4P/c1-3-27-29(25,28-4-2)15(18,19)6-14(17)5-9(26-7-14)24-8-21-10-11(16)22-13(20)23-12(10)24/h8-9H,3-7H2,1-2H3,(H2,20,22,23)/t9-,14-/m1/s1. The van der Waals surface area contributed by atoms with E-state index in [0.717, 1.165) is 0 Å². The lowest BCUT2D eigenvalue weighted by atomic mass is 10.0. The fourth-order valence-corrected chi connectivity index (χ4v) is 4.96. The topological polar surface area (TPSA) is 114 Å². The van der Waals surface area contributed by atoms with Gasteiger partial charge in [0.05, 0.1) is 32.6 Å². The van der Waals surface area contributed by atoms with Crippen LogP contribution in [0, 0.1) is 0 Å². The quantitative estimate of drug-likeness (QED) is 0.468. The Labute approximate surface area is 169 Å². The fraction of sp³-hybridized carbons (Fsp3) is 0.667. The molecule has 3 rings (SSSR count). The van der Waals surface area contributed by atoms with Gasteiger partial charge in [-0.15, -0.1) is 0 Å². The van der Waals surface area contributed by atoms with Crippen LogP contribution in [0.25, 0.3) is 11.2 Å². The minimum atomic E-state index is -4.85. The van der Waals surface area contributed by atoms with E-state index in [2.05, 4.69) is 24.0 Å². The first-order valence-electron chi connectivity index (χ1n) is 8.77. The van der Waals surface area contributed by atoms with Crippen molar-refractivity contribution in [3.05, 3.63) is 11.5 Å². The summed E-state index contributed by atoms with van der Waals surface area (Å²) in [6.07, 6.45) is -1.57. The Morgan fingerprint density at radius 3 is 2.69 bits per heavy atom. The molecule has 1 aliphatic rings. The smallest absolute Gasteiger partial charge is 0.368 e. The summed E-state index contributed by atoms with van der Waals surface area (Å²) >= 11 is 5.96. The molecule has 0 unspecified atom stereocenters. The molecule has 2 atom stereocenters. The van der Waals surface area contributed by atoms with Gasteiger partial charge < -0.3 is 19.5 Å². The lowest BCUT2D eigenvalue weighted by Gasteiger charge is -2.29. The Bertz CT molecular complexity index is 938. The molecule has 0 aromatic carbocycles. The number of rotatable bonds is 8. The minimum Gasteiger partial charge on any atom is -0.368 e. The largest absolute Gasteiger partial charge is 0.399 e. The summed E-state index contributed by atoms with van der Waals surface area (Å²) in [5.74, 6) is -0.130. The number of aromatic nitrogens is 4. The maximum Gasteiger partial charge on any atom is 0.399 e. The van der Waals surface area contributed by atoms with Gasteiger partial charge >= 0.3 is 13.3 Å². The van der Waals surface area contributed by atoms with E-state index < -0.39 is 44.6 Å². The lowest BCUT2D eigenvalue weighted by molar-refractivity contribution is -0.0239. The van der Waals surface area contributed by atoms with Crippen LogP contribution >= 0.6 is 19.2 Å². The molecule has 1 saturated heterocycles. The number of nitrogens with two attached hydrogens (primary N) is 1. The molecule has 9 nitrogen and oxygen atoms in total. The van der Waals surface area contributed by atoms with Gasteiger partial charge in [0.25, 0.3) is 0 Å². The highest BCUT2D eigenvalue weighted by Gasteiger charge is 2.59. The summed E-state index contributed by atoms with van der Waals surface area (Å²) < 4.78 is 73.2. The van der Waals surface area contributed by atoms with E-state index in [4.69, 9.17) is 22.1 Å². The van der Waals surface area contributed by atoms with Crippen LogP contribution in [-0.2, 0) is 18.3 Å². The summed E-state index contributed by atoms with van der Waals surface area (Å²) in [5.41, 5.74) is -0.570. The highest BCUT2D eigenvalue weighted by molar-refractivity contribution is 7.55. The number of ether oxygens (including phenoxy) is 1. The number of anilines is 1. The molecule has 2 aromatic heterocycles. The van der Waals surface area contributed by atoms with Gasteiger partial charge in [-0.25, -0.2) is 9.37 Å². The molecule has 0 amide bonds. The Morgan fingerprint density at radius 2 is 2.07 bits per heavy atom. The van der Waals surface area contributed by atoms with E-state index in [9.17, 15) is 13.3 Å².